The molecule has 4 nitrogen and oxygen atoms in total. The molecule has 1 heterocycles. The van der Waals surface area contributed by atoms with Crippen molar-refractivity contribution in [3.63, 3.8) is 0 Å². The number of benzene rings is 1. The largest absolute Gasteiger partial charge is 0.442 e. The van der Waals surface area contributed by atoms with Crippen LogP contribution in [-0.4, -0.2) is 14.7 Å². The van der Waals surface area contributed by atoms with E-state index in [0.29, 0.717) is 6.29 Å². The summed E-state index contributed by atoms with van der Waals surface area (Å²) in [4.78, 5) is 10.5. The van der Waals surface area contributed by atoms with Gasteiger partial charge in [-0.2, -0.15) is 0 Å². The molecule has 0 radical (unpaired) electrons. The van der Waals surface area contributed by atoms with Crippen LogP contribution in [0.25, 0.3) is 0 Å². The van der Waals surface area contributed by atoms with Gasteiger partial charge in [0.15, 0.2) is 12.0 Å². The molecule has 0 bridgehead atoms. The van der Waals surface area contributed by atoms with Crippen LogP contribution < -0.4 is 0 Å². The van der Waals surface area contributed by atoms with Gasteiger partial charge in [0.05, 0.1) is 4.90 Å². The molecule has 82 valence electrons. The average Bonchev–Trinajstić information content (AvgIpc) is 2.79. The van der Waals surface area contributed by atoms with Crippen molar-refractivity contribution in [1.29, 1.82) is 0 Å². The molecule has 16 heavy (non-hydrogen) atoms. The van der Waals surface area contributed by atoms with Crippen molar-refractivity contribution in [3.8, 4) is 0 Å². The Kier molecular flexibility index (Phi) is 2.62. The minimum absolute atomic E-state index is 0.00509. The molecule has 1 aromatic carbocycles. The summed E-state index contributed by atoms with van der Waals surface area (Å²) >= 11 is 0. The molecule has 0 aliphatic carbocycles. The van der Waals surface area contributed by atoms with Gasteiger partial charge in [0.2, 0.25) is 14.9 Å². The summed E-state index contributed by atoms with van der Waals surface area (Å²) in [6, 6.07) is 10.5. The fourth-order valence-electron chi connectivity index (χ4n) is 1.26. The van der Waals surface area contributed by atoms with E-state index < -0.39 is 9.84 Å². The van der Waals surface area contributed by atoms with E-state index in [4.69, 9.17) is 4.42 Å². The standard InChI is InChI=1S/C11H8O4S/c12-8-9-6-7-11(15-9)16(13,14)10-4-2-1-3-5-10/h1-8H. The van der Waals surface area contributed by atoms with Crippen molar-refractivity contribution in [2.75, 3.05) is 0 Å². The lowest BCUT2D eigenvalue weighted by molar-refractivity contribution is 0.109. The molecule has 0 amide bonds. The molecular formula is C11H8O4S. The predicted octanol–water partition coefficient (Wildman–Crippen LogP) is 1.92. The fourth-order valence-corrected chi connectivity index (χ4v) is 2.46. The highest BCUT2D eigenvalue weighted by atomic mass is 32.2. The summed E-state index contributed by atoms with van der Waals surface area (Å²) in [5.41, 5.74) is 0. The van der Waals surface area contributed by atoms with E-state index in [-0.39, 0.29) is 15.7 Å². The van der Waals surface area contributed by atoms with Crippen LogP contribution in [-0.2, 0) is 9.84 Å². The van der Waals surface area contributed by atoms with Gasteiger partial charge < -0.3 is 4.42 Å². The minimum atomic E-state index is -3.65. The lowest BCUT2D eigenvalue weighted by Gasteiger charge is -1.99. The summed E-state index contributed by atoms with van der Waals surface area (Å²) in [5, 5.41) is -0.221. The molecule has 0 aliphatic rings. The van der Waals surface area contributed by atoms with Gasteiger partial charge in [-0.05, 0) is 24.3 Å². The SMILES string of the molecule is O=Cc1ccc(S(=O)(=O)c2ccccc2)o1. The molecule has 0 saturated heterocycles. The number of furan rings is 1. The highest BCUT2D eigenvalue weighted by Crippen LogP contribution is 2.21. The first-order valence-electron chi connectivity index (χ1n) is 4.50. The quantitative estimate of drug-likeness (QED) is 0.764. The van der Waals surface area contributed by atoms with E-state index in [9.17, 15) is 13.2 Å². The van der Waals surface area contributed by atoms with E-state index >= 15 is 0 Å². The Labute approximate surface area is 92.4 Å². The van der Waals surface area contributed by atoms with Crippen molar-refractivity contribution in [2.45, 2.75) is 9.99 Å². The second kappa shape index (κ2) is 3.94. The lowest BCUT2D eigenvalue weighted by Crippen LogP contribution is -1.99. The molecule has 0 fully saturated rings. The predicted molar refractivity (Wildman–Crippen MR) is 56.0 cm³/mol. The third kappa shape index (κ3) is 1.77. The van der Waals surface area contributed by atoms with Crippen molar-refractivity contribution < 1.29 is 17.6 Å². The van der Waals surface area contributed by atoms with Crippen molar-refractivity contribution in [1.82, 2.24) is 0 Å². The van der Waals surface area contributed by atoms with Crippen LogP contribution in [0, 0.1) is 0 Å². The summed E-state index contributed by atoms with van der Waals surface area (Å²) < 4.78 is 28.8. The Hall–Kier alpha value is -1.88. The zero-order valence-electron chi connectivity index (χ0n) is 8.16. The molecule has 1 aromatic heterocycles. The molecule has 0 N–H and O–H groups in total. The van der Waals surface area contributed by atoms with Gasteiger partial charge >= 0.3 is 0 Å². The van der Waals surface area contributed by atoms with Crippen LogP contribution >= 0.6 is 0 Å². The van der Waals surface area contributed by atoms with Crippen LogP contribution in [0.4, 0.5) is 0 Å². The normalized spacial score (nSPS) is 11.2. The highest BCUT2D eigenvalue weighted by Gasteiger charge is 2.21. The summed E-state index contributed by atoms with van der Waals surface area (Å²) in [5.74, 6) is -0.00509. The van der Waals surface area contributed by atoms with Crippen LogP contribution in [0.2, 0.25) is 0 Å². The van der Waals surface area contributed by atoms with Crippen LogP contribution in [0.15, 0.2) is 56.9 Å². The van der Waals surface area contributed by atoms with E-state index in [1.54, 1.807) is 18.2 Å². The second-order valence-electron chi connectivity index (χ2n) is 3.09. The third-order valence-electron chi connectivity index (χ3n) is 2.04. The maximum Gasteiger partial charge on any atom is 0.239 e. The summed E-state index contributed by atoms with van der Waals surface area (Å²) in [7, 11) is -3.65. The van der Waals surface area contributed by atoms with E-state index in [1.807, 2.05) is 0 Å². The fraction of sp³-hybridized carbons (Fsp3) is 0. The topological polar surface area (TPSA) is 64.3 Å². The molecule has 5 heteroatoms. The second-order valence-corrected chi connectivity index (χ2v) is 4.97. The zero-order chi connectivity index (χ0) is 11.6. The van der Waals surface area contributed by atoms with Gasteiger partial charge in [0.1, 0.15) is 0 Å². The number of carbonyl (C=O) groups is 1. The van der Waals surface area contributed by atoms with Crippen LogP contribution in [0.1, 0.15) is 10.6 Å². The van der Waals surface area contributed by atoms with Crippen LogP contribution in [0.3, 0.4) is 0 Å². The molecule has 0 atom stereocenters. The van der Waals surface area contributed by atoms with E-state index in [1.165, 1.54) is 24.3 Å². The van der Waals surface area contributed by atoms with Gasteiger partial charge in [-0.1, -0.05) is 18.2 Å². The lowest BCUT2D eigenvalue weighted by atomic mass is 10.4. The summed E-state index contributed by atoms with van der Waals surface area (Å²) in [6.07, 6.45) is 0.462. The molecule has 2 aromatic rings. The molecule has 0 unspecified atom stereocenters. The van der Waals surface area contributed by atoms with E-state index in [0.717, 1.165) is 0 Å². The van der Waals surface area contributed by atoms with Gasteiger partial charge in [0, 0.05) is 0 Å². The number of carbonyl (C=O) groups excluding carboxylic acids is 1. The van der Waals surface area contributed by atoms with Crippen LogP contribution in [0.5, 0.6) is 0 Å². The first-order chi connectivity index (χ1) is 7.64. The Bertz CT molecular complexity index is 596. The van der Waals surface area contributed by atoms with Crippen molar-refractivity contribution >= 4 is 16.1 Å². The minimum Gasteiger partial charge on any atom is -0.442 e. The van der Waals surface area contributed by atoms with Crippen molar-refractivity contribution in [3.05, 3.63) is 48.2 Å². The van der Waals surface area contributed by atoms with Gasteiger partial charge in [-0.15, -0.1) is 0 Å². The Morgan fingerprint density at radius 1 is 1.00 bits per heavy atom. The van der Waals surface area contributed by atoms with Gasteiger partial charge in [-0.3, -0.25) is 4.79 Å². The average molecular weight is 236 g/mol. The molecular weight excluding hydrogens is 228 g/mol. The maximum atomic E-state index is 12.0. The number of aldehydes is 1. The Morgan fingerprint density at radius 2 is 1.69 bits per heavy atom. The monoisotopic (exact) mass is 236 g/mol. The Morgan fingerprint density at radius 3 is 2.25 bits per heavy atom. The van der Waals surface area contributed by atoms with Gasteiger partial charge in [0.25, 0.3) is 0 Å². The highest BCUT2D eigenvalue weighted by molar-refractivity contribution is 7.91. The Balaban J connectivity index is 2.51. The molecule has 2 rings (SSSR count). The van der Waals surface area contributed by atoms with Crippen molar-refractivity contribution in [2.24, 2.45) is 0 Å². The first kappa shape index (κ1) is 10.6. The zero-order valence-corrected chi connectivity index (χ0v) is 8.98. The number of hydrogen-bond donors (Lipinski definition) is 0. The maximum absolute atomic E-state index is 12.0. The van der Waals surface area contributed by atoms with E-state index in [2.05, 4.69) is 0 Å². The smallest absolute Gasteiger partial charge is 0.239 e. The number of rotatable bonds is 3. The molecule has 0 spiro atoms. The first-order valence-corrected chi connectivity index (χ1v) is 5.98. The molecule has 0 aliphatic heterocycles. The molecule has 0 saturated carbocycles. The summed E-state index contributed by atoms with van der Waals surface area (Å²) in [6.45, 7) is 0. The number of hydrogen-bond acceptors (Lipinski definition) is 4. The third-order valence-corrected chi connectivity index (χ3v) is 3.68. The van der Waals surface area contributed by atoms with Gasteiger partial charge in [-0.25, -0.2) is 8.42 Å². The number of sulfone groups is 1.